The third-order valence-electron chi connectivity index (χ3n) is 2.06. The van der Waals surface area contributed by atoms with Crippen LogP contribution in [0.25, 0.3) is 0 Å². The Morgan fingerprint density at radius 3 is 1.95 bits per heavy atom. The molecule has 0 N–H and O–H groups in total. The van der Waals surface area contributed by atoms with Crippen molar-refractivity contribution in [2.45, 2.75) is 34.1 Å². The molecule has 2 aromatic heterocycles. The van der Waals surface area contributed by atoms with Crippen molar-refractivity contribution in [3.63, 3.8) is 0 Å². The Kier molecular flexibility index (Phi) is 12.5. The number of aryl methyl sites for hydroxylation is 2. The normalized spacial score (nSPS) is 9.71. The van der Waals surface area contributed by atoms with Crippen molar-refractivity contribution in [3.05, 3.63) is 66.7 Å². The number of aliphatic imine (C=N–C) groups is 1. The lowest BCUT2D eigenvalue weighted by atomic mass is 10.3. The molecule has 2 aromatic rings. The summed E-state index contributed by atoms with van der Waals surface area (Å²) >= 11 is 0. The van der Waals surface area contributed by atoms with Gasteiger partial charge in [0.1, 0.15) is 6.33 Å². The van der Waals surface area contributed by atoms with Gasteiger partial charge in [0.25, 0.3) is 0 Å². The van der Waals surface area contributed by atoms with Gasteiger partial charge in [-0.25, -0.2) is 9.97 Å². The Hall–Kier alpha value is -2.36. The molecule has 0 saturated carbocycles. The van der Waals surface area contributed by atoms with Crippen molar-refractivity contribution < 1.29 is 0 Å². The van der Waals surface area contributed by atoms with Gasteiger partial charge in [-0.05, 0) is 50.5 Å². The molecule has 0 aromatic carbocycles. The van der Waals surface area contributed by atoms with E-state index in [0.717, 1.165) is 12.0 Å². The molecule has 4 heteroatoms. The van der Waals surface area contributed by atoms with Crippen molar-refractivity contribution >= 4 is 6.21 Å². The Morgan fingerprint density at radius 2 is 1.62 bits per heavy atom. The van der Waals surface area contributed by atoms with E-state index in [1.54, 1.807) is 31.0 Å². The third kappa shape index (κ3) is 13.9. The molecule has 2 rings (SSSR count). The second-order valence-electron chi connectivity index (χ2n) is 4.16. The molecule has 21 heavy (non-hydrogen) atoms. The van der Waals surface area contributed by atoms with Crippen molar-refractivity contribution in [1.29, 1.82) is 0 Å². The number of aromatic nitrogens is 3. The summed E-state index contributed by atoms with van der Waals surface area (Å²) in [4.78, 5) is 15.3. The smallest absolute Gasteiger partial charge is 0.115 e. The zero-order valence-corrected chi connectivity index (χ0v) is 13.3. The molecule has 0 fully saturated rings. The quantitative estimate of drug-likeness (QED) is 0.777. The monoisotopic (exact) mass is 284 g/mol. The maximum Gasteiger partial charge on any atom is 0.115 e. The minimum Gasteiger partial charge on any atom is -0.269 e. The molecule has 0 unspecified atom stereocenters. The summed E-state index contributed by atoms with van der Waals surface area (Å²) in [5, 5.41) is 0. The zero-order valence-electron chi connectivity index (χ0n) is 13.3. The van der Waals surface area contributed by atoms with E-state index in [4.69, 9.17) is 0 Å². The van der Waals surface area contributed by atoms with Gasteiger partial charge < -0.3 is 0 Å². The fourth-order valence-corrected chi connectivity index (χ4v) is 1.05. The number of nitrogens with zero attached hydrogens (tertiary/aromatic N) is 4. The number of allylic oxidation sites excluding steroid dienone is 1. The van der Waals surface area contributed by atoms with E-state index >= 15 is 0 Å². The molecular weight excluding hydrogens is 260 g/mol. The molecule has 0 spiro atoms. The van der Waals surface area contributed by atoms with Crippen LogP contribution in [0, 0.1) is 13.8 Å². The summed E-state index contributed by atoms with van der Waals surface area (Å²) in [6.45, 7) is 8.02. The average Bonchev–Trinajstić information content (AvgIpc) is 2.51. The molecule has 0 saturated heterocycles. The van der Waals surface area contributed by atoms with E-state index in [9.17, 15) is 0 Å². The lowest BCUT2D eigenvalue weighted by molar-refractivity contribution is 1.13. The van der Waals surface area contributed by atoms with E-state index in [1.165, 1.54) is 11.9 Å². The molecule has 0 bridgehead atoms. The van der Waals surface area contributed by atoms with E-state index < -0.39 is 0 Å². The first-order valence-electron chi connectivity index (χ1n) is 6.91. The summed E-state index contributed by atoms with van der Waals surface area (Å²) in [7, 11) is 0. The van der Waals surface area contributed by atoms with Crippen molar-refractivity contribution in [2.75, 3.05) is 0 Å². The van der Waals surface area contributed by atoms with Gasteiger partial charge in [0.2, 0.25) is 0 Å². The molecule has 0 aliphatic heterocycles. The molecular formula is C17H24N4. The second kappa shape index (κ2) is 14.1. The van der Waals surface area contributed by atoms with Crippen LogP contribution in [-0.4, -0.2) is 21.2 Å². The lowest BCUT2D eigenvalue weighted by Crippen LogP contribution is -1.75. The topological polar surface area (TPSA) is 51.0 Å². The van der Waals surface area contributed by atoms with Crippen LogP contribution in [0.4, 0.5) is 0 Å². The molecule has 0 atom stereocenters. The minimum atomic E-state index is 1.02. The number of pyridine rings is 1. The van der Waals surface area contributed by atoms with E-state index in [-0.39, 0.29) is 0 Å². The first-order valence-corrected chi connectivity index (χ1v) is 6.91. The predicted octanol–water partition coefficient (Wildman–Crippen LogP) is 4.18. The zero-order chi connectivity index (χ0) is 15.8. The highest BCUT2D eigenvalue weighted by Gasteiger charge is 1.74. The highest BCUT2D eigenvalue weighted by molar-refractivity contribution is 5.57. The van der Waals surface area contributed by atoms with Crippen LogP contribution in [0.5, 0.6) is 0 Å². The van der Waals surface area contributed by atoms with Gasteiger partial charge in [0, 0.05) is 37.2 Å². The highest BCUT2D eigenvalue weighted by atomic mass is 14.8. The van der Waals surface area contributed by atoms with Crippen molar-refractivity contribution in [2.24, 2.45) is 4.99 Å². The fraction of sp³-hybridized carbons (Fsp3) is 0.294. The van der Waals surface area contributed by atoms with Gasteiger partial charge in [-0.3, -0.25) is 9.98 Å². The van der Waals surface area contributed by atoms with Crippen LogP contribution in [-0.2, 0) is 0 Å². The standard InChI is InChI=1S/C6H7N.C6H11N.C5H6N2/c1-6-2-4-7-5-3-6;1-3-5-7-6-4-2;1-5-2-6-4-7-3-5/h2-5H,1H3;3,5-6H,4H2,1-2H3;2-4H,1H3/b;5-3-,7-6?;. The second-order valence-corrected chi connectivity index (χ2v) is 4.16. The first kappa shape index (κ1) is 18.6. The molecule has 112 valence electrons. The van der Waals surface area contributed by atoms with E-state index in [2.05, 4.69) is 26.9 Å². The molecule has 0 aliphatic carbocycles. The number of rotatable bonds is 2. The van der Waals surface area contributed by atoms with Gasteiger partial charge >= 0.3 is 0 Å². The molecule has 4 nitrogen and oxygen atoms in total. The minimum absolute atomic E-state index is 1.02. The van der Waals surface area contributed by atoms with Gasteiger partial charge in [0.05, 0.1) is 0 Å². The van der Waals surface area contributed by atoms with Crippen LogP contribution in [0.15, 0.2) is 60.5 Å². The maximum absolute atomic E-state index is 3.90. The molecule has 0 aliphatic rings. The van der Waals surface area contributed by atoms with Crippen LogP contribution in [0.2, 0.25) is 0 Å². The van der Waals surface area contributed by atoms with Crippen LogP contribution < -0.4 is 0 Å². The third-order valence-corrected chi connectivity index (χ3v) is 2.06. The van der Waals surface area contributed by atoms with Crippen LogP contribution in [0.3, 0.4) is 0 Å². The van der Waals surface area contributed by atoms with Crippen LogP contribution in [0.1, 0.15) is 31.4 Å². The first-order chi connectivity index (χ1) is 10.2. The summed E-state index contributed by atoms with van der Waals surface area (Å²) in [5.74, 6) is 0. The molecule has 0 amide bonds. The SMILES string of the molecule is C/C=C\N=CCC.Cc1ccncc1.Cc1cncnc1. The number of hydrogen-bond acceptors (Lipinski definition) is 4. The summed E-state index contributed by atoms with van der Waals surface area (Å²) in [6.07, 6.45) is 15.2. The van der Waals surface area contributed by atoms with Crippen LogP contribution >= 0.6 is 0 Å². The Balaban J connectivity index is 0.000000286. The average molecular weight is 284 g/mol. The van der Waals surface area contributed by atoms with E-state index in [0.29, 0.717) is 0 Å². The number of hydrogen-bond donors (Lipinski definition) is 0. The Bertz CT molecular complexity index is 455. The van der Waals surface area contributed by atoms with Crippen molar-refractivity contribution in [1.82, 2.24) is 15.0 Å². The Morgan fingerprint density at radius 1 is 1.00 bits per heavy atom. The maximum atomic E-state index is 3.90. The summed E-state index contributed by atoms with van der Waals surface area (Å²) in [5.41, 5.74) is 2.36. The molecule has 0 radical (unpaired) electrons. The largest absolute Gasteiger partial charge is 0.269 e. The fourth-order valence-electron chi connectivity index (χ4n) is 1.05. The summed E-state index contributed by atoms with van der Waals surface area (Å²) < 4.78 is 0. The van der Waals surface area contributed by atoms with Gasteiger partial charge in [-0.2, -0.15) is 0 Å². The summed E-state index contributed by atoms with van der Waals surface area (Å²) in [6, 6.07) is 3.94. The van der Waals surface area contributed by atoms with Gasteiger partial charge in [0.15, 0.2) is 0 Å². The lowest BCUT2D eigenvalue weighted by Gasteiger charge is -1.82. The highest BCUT2D eigenvalue weighted by Crippen LogP contribution is 1.88. The molecule has 2 heterocycles. The van der Waals surface area contributed by atoms with E-state index in [1.807, 2.05) is 45.2 Å². The van der Waals surface area contributed by atoms with Crippen molar-refractivity contribution in [3.8, 4) is 0 Å². The van der Waals surface area contributed by atoms with Gasteiger partial charge in [-0.15, -0.1) is 0 Å². The Labute approximate surface area is 127 Å². The van der Waals surface area contributed by atoms with Gasteiger partial charge in [-0.1, -0.05) is 13.0 Å². The predicted molar refractivity (Wildman–Crippen MR) is 89.3 cm³/mol.